The largest absolute Gasteiger partial charge is 0.388 e. The lowest BCUT2D eigenvalue weighted by molar-refractivity contribution is 0.0756. The van der Waals surface area contributed by atoms with Crippen LogP contribution in [0.2, 0.25) is 5.02 Å². The minimum atomic E-state index is -0.393. The van der Waals surface area contributed by atoms with Crippen LogP contribution in [0.1, 0.15) is 49.8 Å². The summed E-state index contributed by atoms with van der Waals surface area (Å²) < 4.78 is 0. The molecule has 1 N–H and O–H groups in total. The van der Waals surface area contributed by atoms with Gasteiger partial charge in [-0.05, 0) is 48.8 Å². The third-order valence-electron chi connectivity index (χ3n) is 3.98. The van der Waals surface area contributed by atoms with E-state index in [2.05, 4.69) is 6.92 Å². The van der Waals surface area contributed by atoms with Crippen LogP contribution in [0.25, 0.3) is 0 Å². The van der Waals surface area contributed by atoms with Gasteiger partial charge in [0.05, 0.1) is 6.10 Å². The molecule has 0 radical (unpaired) electrons. The number of halogens is 1. The van der Waals surface area contributed by atoms with E-state index in [-0.39, 0.29) is 0 Å². The Hall–Kier alpha value is -0.530. The van der Waals surface area contributed by atoms with Crippen molar-refractivity contribution in [3.8, 4) is 0 Å². The molecular weight excluding hydrogens is 232 g/mol. The van der Waals surface area contributed by atoms with E-state index < -0.39 is 6.10 Å². The van der Waals surface area contributed by atoms with Crippen LogP contribution in [0.3, 0.4) is 0 Å². The van der Waals surface area contributed by atoms with Crippen molar-refractivity contribution in [1.29, 1.82) is 0 Å². The van der Waals surface area contributed by atoms with Gasteiger partial charge < -0.3 is 5.11 Å². The summed E-state index contributed by atoms with van der Waals surface area (Å²) in [6.45, 7) is 4.31. The summed E-state index contributed by atoms with van der Waals surface area (Å²) in [6, 6.07) is 5.93. The fourth-order valence-corrected chi connectivity index (χ4v) is 3.07. The molecule has 1 atom stereocenters. The number of hydrogen-bond donors (Lipinski definition) is 1. The Balaban J connectivity index is 2.11. The third kappa shape index (κ3) is 3.02. The van der Waals surface area contributed by atoms with Gasteiger partial charge in [0.15, 0.2) is 0 Å². The summed E-state index contributed by atoms with van der Waals surface area (Å²) in [4.78, 5) is 0. The zero-order chi connectivity index (χ0) is 12.4. The fraction of sp³-hybridized carbons (Fsp3) is 0.600. The molecule has 2 heteroatoms. The number of aliphatic hydroxyl groups excluding tert-OH is 1. The molecule has 1 nitrogen and oxygen atoms in total. The van der Waals surface area contributed by atoms with Crippen LogP contribution >= 0.6 is 11.6 Å². The number of aliphatic hydroxyl groups is 1. The third-order valence-corrected chi connectivity index (χ3v) is 4.31. The molecule has 1 aromatic rings. The molecular formula is C15H21ClO. The quantitative estimate of drug-likeness (QED) is 0.821. The van der Waals surface area contributed by atoms with Crippen molar-refractivity contribution in [3.05, 3.63) is 34.3 Å². The van der Waals surface area contributed by atoms with Crippen LogP contribution in [0.15, 0.2) is 18.2 Å². The second kappa shape index (κ2) is 5.41. The highest BCUT2D eigenvalue weighted by Gasteiger charge is 2.26. The van der Waals surface area contributed by atoms with Crippen LogP contribution in [-0.2, 0) is 0 Å². The van der Waals surface area contributed by atoms with E-state index in [4.69, 9.17) is 11.6 Å². The highest BCUT2D eigenvalue weighted by molar-refractivity contribution is 6.31. The Morgan fingerprint density at radius 2 is 1.88 bits per heavy atom. The van der Waals surface area contributed by atoms with Crippen molar-refractivity contribution in [2.75, 3.05) is 0 Å². The predicted octanol–water partition coefficient (Wildman–Crippen LogP) is 4.51. The minimum absolute atomic E-state index is 0.381. The molecule has 1 aromatic carbocycles. The van der Waals surface area contributed by atoms with Crippen molar-refractivity contribution >= 4 is 11.6 Å². The van der Waals surface area contributed by atoms with Crippen LogP contribution in [0.5, 0.6) is 0 Å². The van der Waals surface area contributed by atoms with Gasteiger partial charge >= 0.3 is 0 Å². The van der Waals surface area contributed by atoms with E-state index in [9.17, 15) is 5.11 Å². The second-order valence-electron chi connectivity index (χ2n) is 5.49. The Morgan fingerprint density at radius 1 is 1.24 bits per heavy atom. The maximum Gasteiger partial charge on any atom is 0.0832 e. The molecule has 0 bridgehead atoms. The first kappa shape index (κ1) is 12.9. The molecule has 0 heterocycles. The van der Waals surface area contributed by atoms with Gasteiger partial charge in [0.2, 0.25) is 0 Å². The van der Waals surface area contributed by atoms with E-state index in [1.165, 1.54) is 12.8 Å². The first-order chi connectivity index (χ1) is 8.08. The van der Waals surface area contributed by atoms with E-state index in [0.717, 1.165) is 29.9 Å². The van der Waals surface area contributed by atoms with Gasteiger partial charge in [0.25, 0.3) is 0 Å². The van der Waals surface area contributed by atoms with E-state index >= 15 is 0 Å². The van der Waals surface area contributed by atoms with Crippen LogP contribution in [0, 0.1) is 18.8 Å². The summed E-state index contributed by atoms with van der Waals surface area (Å²) in [7, 11) is 0. The van der Waals surface area contributed by atoms with E-state index in [0.29, 0.717) is 10.9 Å². The molecule has 2 rings (SSSR count). The molecule has 0 aromatic heterocycles. The first-order valence-electron chi connectivity index (χ1n) is 6.52. The molecule has 0 saturated heterocycles. The SMILES string of the molecule is Cc1ccc(C(O)C2CCC(C)CC2)c(Cl)c1. The van der Waals surface area contributed by atoms with Gasteiger partial charge in [-0.3, -0.25) is 0 Å². The van der Waals surface area contributed by atoms with Crippen molar-refractivity contribution in [2.24, 2.45) is 11.8 Å². The van der Waals surface area contributed by atoms with E-state index in [1.54, 1.807) is 0 Å². The molecule has 0 aliphatic heterocycles. The number of benzene rings is 1. The van der Waals surface area contributed by atoms with Gasteiger partial charge in [0, 0.05) is 5.02 Å². The maximum absolute atomic E-state index is 10.4. The smallest absolute Gasteiger partial charge is 0.0832 e. The molecule has 94 valence electrons. The molecule has 1 fully saturated rings. The van der Waals surface area contributed by atoms with Gasteiger partial charge in [-0.2, -0.15) is 0 Å². The summed E-state index contributed by atoms with van der Waals surface area (Å²) in [5, 5.41) is 11.1. The van der Waals surface area contributed by atoms with Crippen molar-refractivity contribution in [2.45, 2.75) is 45.6 Å². The summed E-state index contributed by atoms with van der Waals surface area (Å²) in [5.74, 6) is 1.19. The molecule has 1 aliphatic carbocycles. The first-order valence-corrected chi connectivity index (χ1v) is 6.90. The summed E-state index contributed by atoms with van der Waals surface area (Å²) in [6.07, 6.45) is 4.30. The maximum atomic E-state index is 10.4. The van der Waals surface area contributed by atoms with Crippen LogP contribution < -0.4 is 0 Å². The number of aryl methyl sites for hydroxylation is 1. The lowest BCUT2D eigenvalue weighted by Gasteiger charge is -2.30. The van der Waals surface area contributed by atoms with Crippen LogP contribution in [-0.4, -0.2) is 5.11 Å². The van der Waals surface area contributed by atoms with Crippen molar-refractivity contribution in [1.82, 2.24) is 0 Å². The normalized spacial score (nSPS) is 26.8. The highest BCUT2D eigenvalue weighted by Crippen LogP contribution is 2.38. The average Bonchev–Trinajstić information content (AvgIpc) is 2.29. The van der Waals surface area contributed by atoms with Gasteiger partial charge in [-0.1, -0.05) is 43.5 Å². The van der Waals surface area contributed by atoms with Crippen molar-refractivity contribution in [3.63, 3.8) is 0 Å². The Morgan fingerprint density at radius 3 is 2.47 bits per heavy atom. The summed E-state index contributed by atoms with van der Waals surface area (Å²) >= 11 is 6.21. The monoisotopic (exact) mass is 252 g/mol. The average molecular weight is 253 g/mol. The van der Waals surface area contributed by atoms with Crippen LogP contribution in [0.4, 0.5) is 0 Å². The molecule has 1 aliphatic rings. The summed E-state index contributed by atoms with van der Waals surface area (Å²) in [5.41, 5.74) is 2.04. The molecule has 1 saturated carbocycles. The van der Waals surface area contributed by atoms with Gasteiger partial charge in [-0.15, -0.1) is 0 Å². The second-order valence-corrected chi connectivity index (χ2v) is 5.90. The Kier molecular flexibility index (Phi) is 4.11. The fourth-order valence-electron chi connectivity index (χ4n) is 2.73. The van der Waals surface area contributed by atoms with Crippen molar-refractivity contribution < 1.29 is 5.11 Å². The Bertz CT molecular complexity index is 381. The molecule has 17 heavy (non-hydrogen) atoms. The highest BCUT2D eigenvalue weighted by atomic mass is 35.5. The minimum Gasteiger partial charge on any atom is -0.388 e. The van der Waals surface area contributed by atoms with E-state index in [1.807, 2.05) is 25.1 Å². The molecule has 1 unspecified atom stereocenters. The van der Waals surface area contributed by atoms with Gasteiger partial charge in [0.1, 0.15) is 0 Å². The predicted molar refractivity (Wildman–Crippen MR) is 72.3 cm³/mol. The Labute approximate surface area is 109 Å². The standard InChI is InChI=1S/C15H21ClO/c1-10-3-6-12(7-4-10)15(17)13-8-5-11(2)9-14(13)16/h5,8-10,12,15,17H,3-4,6-7H2,1-2H3. The molecule has 0 amide bonds. The zero-order valence-electron chi connectivity index (χ0n) is 10.6. The lowest BCUT2D eigenvalue weighted by Crippen LogP contribution is -2.19. The number of rotatable bonds is 2. The molecule has 0 spiro atoms. The van der Waals surface area contributed by atoms with Gasteiger partial charge in [-0.25, -0.2) is 0 Å². The lowest BCUT2D eigenvalue weighted by atomic mass is 9.78. The zero-order valence-corrected chi connectivity index (χ0v) is 11.4. The topological polar surface area (TPSA) is 20.2 Å². The number of hydrogen-bond acceptors (Lipinski definition) is 1.